The summed E-state index contributed by atoms with van der Waals surface area (Å²) in [7, 11) is 0. The number of hydrogen-bond donors (Lipinski definition) is 5. The SMILES string of the molecule is CC1Cc2c(oc3ccccc23)C(c2c(F)cc(/C=C/C(=O)O)cc2F)N1CC(C)(C)F.CC1Cc2cc(O)ccc2C(c2c(F)cc(/C=C/C(=O)O)cc2F)N1CC(C)(C)F.CC1Cc2cc3c(cc2C(c2c(F)cc(/C=C/C(=O)O)cc2F)N1CC(C)(C)F)OCCO3.CC1Cc2cc3c(cc2C(c2c(F)cc(/C=C/C(=O)O)cc2F)N1CC(C)(C)F)OCO3. The molecule has 8 unspecified atom stereocenters. The number of aromatic hydroxyl groups is 1. The van der Waals surface area contributed by atoms with Gasteiger partial charge in [-0.3, -0.25) is 19.6 Å². The summed E-state index contributed by atoms with van der Waals surface area (Å²) in [5.74, 6) is -9.05. The molecule has 30 heteroatoms. The monoisotopic (exact) mass is 1770 g/mol. The second-order valence-electron chi connectivity index (χ2n) is 35.1. The van der Waals surface area contributed by atoms with Crippen LogP contribution in [0.2, 0.25) is 0 Å². The molecule has 127 heavy (non-hydrogen) atoms. The van der Waals surface area contributed by atoms with Crippen molar-refractivity contribution in [2.24, 2.45) is 0 Å². The number of aliphatic carboxylic acids is 4. The molecule has 5 N–H and O–H groups in total. The number of nitrogens with zero attached hydrogens (tertiary/aromatic N) is 4. The number of benzene rings is 8. The average molecular weight is 1770 g/mol. The number of halogens is 12. The minimum Gasteiger partial charge on any atom is -0.508 e. The molecule has 9 aromatic rings. The van der Waals surface area contributed by atoms with Gasteiger partial charge in [-0.2, -0.15) is 0 Å². The second kappa shape index (κ2) is 38.0. The Labute approximate surface area is 726 Å². The molecule has 18 nitrogen and oxygen atoms in total. The number of hydrogen-bond acceptors (Lipinski definition) is 14. The molecule has 7 heterocycles. The van der Waals surface area contributed by atoms with Gasteiger partial charge in [-0.25, -0.2) is 71.9 Å². The summed E-state index contributed by atoms with van der Waals surface area (Å²) in [6.07, 6.45) is 9.88. The van der Waals surface area contributed by atoms with Gasteiger partial charge in [-0.1, -0.05) is 24.3 Å². The Hall–Kier alpha value is -11.9. The molecular formula is C97H98F12N4O14. The third kappa shape index (κ3) is 22.4. The number of phenolic OH excluding ortho intramolecular Hbond substituents is 1. The summed E-state index contributed by atoms with van der Waals surface area (Å²) in [6.45, 7) is 19.6. The largest absolute Gasteiger partial charge is 0.508 e. The molecule has 0 bridgehead atoms. The van der Waals surface area contributed by atoms with E-state index in [1.807, 2.05) is 58.0 Å². The molecule has 6 aliphatic rings. The maximum Gasteiger partial charge on any atom is 0.328 e. The third-order valence-electron chi connectivity index (χ3n) is 22.5. The van der Waals surface area contributed by atoms with Crippen molar-refractivity contribution in [2.45, 2.75) is 180 Å². The number of phenols is 1. The molecular weight excluding hydrogens is 1670 g/mol. The molecule has 8 aromatic carbocycles. The molecule has 0 fully saturated rings. The van der Waals surface area contributed by atoms with Gasteiger partial charge in [0, 0.05) is 108 Å². The summed E-state index contributed by atoms with van der Waals surface area (Å²) in [6, 6.07) is 23.3. The van der Waals surface area contributed by atoms with Gasteiger partial charge in [0.25, 0.3) is 0 Å². The Balaban J connectivity index is 0.000000154. The fourth-order valence-corrected chi connectivity index (χ4v) is 17.5. The van der Waals surface area contributed by atoms with Crippen LogP contribution in [0.3, 0.4) is 0 Å². The third-order valence-corrected chi connectivity index (χ3v) is 22.5. The van der Waals surface area contributed by atoms with Crippen molar-refractivity contribution in [3.8, 4) is 28.7 Å². The van der Waals surface area contributed by atoms with Gasteiger partial charge in [0.1, 0.15) is 106 Å². The molecule has 0 saturated carbocycles. The number of carboxylic acids is 4. The van der Waals surface area contributed by atoms with Gasteiger partial charge in [0.15, 0.2) is 23.0 Å². The summed E-state index contributed by atoms with van der Waals surface area (Å²) in [4.78, 5) is 50.0. The molecule has 1 aromatic heterocycles. The van der Waals surface area contributed by atoms with E-state index in [0.29, 0.717) is 89.9 Å². The lowest BCUT2D eigenvalue weighted by Crippen LogP contribution is -2.48. The molecule has 0 amide bonds. The number of rotatable bonds is 20. The zero-order valence-corrected chi connectivity index (χ0v) is 71.7. The maximum atomic E-state index is 15.4. The molecule has 8 atom stereocenters. The van der Waals surface area contributed by atoms with Crippen LogP contribution in [0.15, 0.2) is 144 Å². The lowest BCUT2D eigenvalue weighted by Gasteiger charge is -2.44. The fourth-order valence-electron chi connectivity index (χ4n) is 17.5. The fraction of sp³-hybridized carbons (Fsp3) is 0.361. The van der Waals surface area contributed by atoms with Crippen molar-refractivity contribution < 1.29 is 121 Å². The predicted octanol–water partition coefficient (Wildman–Crippen LogP) is 20.5. The highest BCUT2D eigenvalue weighted by Gasteiger charge is 2.46. The first-order chi connectivity index (χ1) is 59.6. The van der Waals surface area contributed by atoms with Gasteiger partial charge in [0.05, 0.1) is 18.1 Å². The number of carbonyl (C=O) groups is 4. The van der Waals surface area contributed by atoms with Crippen molar-refractivity contribution in [2.75, 3.05) is 46.2 Å². The molecule has 6 aliphatic heterocycles. The van der Waals surface area contributed by atoms with E-state index in [9.17, 15) is 41.8 Å². The van der Waals surface area contributed by atoms with Crippen molar-refractivity contribution in [1.29, 1.82) is 0 Å². The quantitative estimate of drug-likeness (QED) is 0.0353. The van der Waals surface area contributed by atoms with E-state index < -0.39 is 117 Å². The number of carboxylic acid groups (broad SMARTS) is 4. The smallest absolute Gasteiger partial charge is 0.328 e. The minimum absolute atomic E-state index is 0.0355. The van der Waals surface area contributed by atoms with Crippen molar-refractivity contribution in [1.82, 2.24) is 19.6 Å². The second-order valence-corrected chi connectivity index (χ2v) is 35.1. The molecule has 0 saturated heterocycles. The number of ether oxygens (including phenoxy) is 4. The molecule has 0 aliphatic carbocycles. The summed E-state index contributed by atoms with van der Waals surface area (Å²) in [5, 5.41) is 45.9. The van der Waals surface area contributed by atoms with Crippen molar-refractivity contribution in [3.63, 3.8) is 0 Å². The summed E-state index contributed by atoms with van der Waals surface area (Å²) >= 11 is 0. The Morgan fingerprint density at radius 3 is 1.02 bits per heavy atom. The van der Waals surface area contributed by atoms with Crippen molar-refractivity contribution >= 4 is 59.2 Å². The Morgan fingerprint density at radius 1 is 0.378 bits per heavy atom. The van der Waals surface area contributed by atoms with E-state index in [2.05, 4.69) is 0 Å². The van der Waals surface area contributed by atoms with E-state index in [1.54, 1.807) is 49.9 Å². The van der Waals surface area contributed by atoms with E-state index in [1.165, 1.54) is 61.5 Å². The lowest BCUT2D eigenvalue weighted by molar-refractivity contribution is -0.132. The first-order valence-corrected chi connectivity index (χ1v) is 41.1. The minimum atomic E-state index is -1.60. The highest BCUT2D eigenvalue weighted by atomic mass is 19.2. The zero-order valence-electron chi connectivity index (χ0n) is 71.7. The summed E-state index contributed by atoms with van der Waals surface area (Å²) in [5.41, 5.74) is -1.20. The Kier molecular flexibility index (Phi) is 28.2. The zero-order chi connectivity index (χ0) is 92.5. The number of fused-ring (bicyclic) bond motifs is 8. The van der Waals surface area contributed by atoms with Crippen LogP contribution in [-0.4, -0.2) is 162 Å². The number of furan rings is 1. The molecule has 674 valence electrons. The van der Waals surface area contributed by atoms with Crippen LogP contribution < -0.4 is 18.9 Å². The topological polar surface area (TPSA) is 232 Å². The van der Waals surface area contributed by atoms with Gasteiger partial charge < -0.3 is 48.9 Å². The van der Waals surface area contributed by atoms with Gasteiger partial charge in [-0.05, 0) is 280 Å². The van der Waals surface area contributed by atoms with Crippen LogP contribution in [0.25, 0.3) is 35.3 Å². The normalized spacial score (nSPS) is 20.2. The van der Waals surface area contributed by atoms with Gasteiger partial charge in [0.2, 0.25) is 6.79 Å². The first-order valence-electron chi connectivity index (χ1n) is 41.1. The van der Waals surface area contributed by atoms with E-state index in [0.717, 1.165) is 125 Å². The van der Waals surface area contributed by atoms with Gasteiger partial charge >= 0.3 is 23.9 Å². The standard InChI is InChI=1S/C25H26F3NO4.C25H24F3NO3.C24H24F3NO4.C23H24F3NO3/c1-14-8-16-11-20-21(33-7-6-32-20)12-17(16)24(29(14)13-25(2,3)28)23-18(26)9-15(10-19(23)27)4-5-22(30)31;1-14-10-17-16-6-4-5-7-20(16)32-24(17)23(29(14)13-25(2,3)28)22-18(26)11-15(12-19(22)27)8-9-21(30)31;1-13-6-15-9-19-20(32-12-31-19)10-16(15)23(28(13)11-24(2,3)27)22-17(25)7-14(8-18(22)26)4-5-21(29)30;1-13-8-15-11-16(28)5-6-17(15)22(27(13)12-23(2,3)26)21-18(24)9-14(10-19(21)25)4-7-20(29)30/h4-5,9-12,14,24H,6-8,13H2,1-3H3,(H,30,31);4-9,11-12,14,23H,10,13H2,1-3H3,(H,30,31);4-5,7-10,13,23H,6,11-12H2,1-3H3,(H,29,30);4-7,9-11,13,22,28H,8,12H2,1-3H3,(H,29,30)/b5-4+;9-8+;5-4+;7-4+. The Bertz CT molecular complexity index is 5710. The van der Waals surface area contributed by atoms with Gasteiger partial charge in [-0.15, -0.1) is 0 Å². The highest BCUT2D eigenvalue weighted by molar-refractivity contribution is 5.87. The van der Waals surface area contributed by atoms with Crippen LogP contribution in [-0.2, 0) is 44.9 Å². The van der Waals surface area contributed by atoms with E-state index >= 15 is 35.1 Å². The lowest BCUT2D eigenvalue weighted by atomic mass is 9.83. The van der Waals surface area contributed by atoms with Crippen LogP contribution in [0, 0.1) is 46.5 Å². The Morgan fingerprint density at radius 2 is 0.669 bits per heavy atom. The maximum absolute atomic E-state index is 15.4. The highest BCUT2D eigenvalue weighted by Crippen LogP contribution is 2.51. The van der Waals surface area contributed by atoms with Crippen LogP contribution in [0.5, 0.6) is 28.7 Å². The number of alkyl halides is 4. The summed E-state index contributed by atoms with van der Waals surface area (Å²) < 4.78 is 210. The van der Waals surface area contributed by atoms with E-state index in [-0.39, 0.29) is 107 Å². The van der Waals surface area contributed by atoms with Crippen LogP contribution in [0.4, 0.5) is 52.7 Å². The molecule has 15 rings (SSSR count). The average Bonchev–Trinajstić information content (AvgIpc) is 1.68. The molecule has 0 radical (unpaired) electrons. The van der Waals surface area contributed by atoms with Crippen LogP contribution in [0.1, 0.15) is 196 Å². The number of para-hydroxylation sites is 1. The van der Waals surface area contributed by atoms with E-state index in [4.69, 9.17) is 43.8 Å². The van der Waals surface area contributed by atoms with Crippen LogP contribution >= 0.6 is 0 Å². The predicted molar refractivity (Wildman–Crippen MR) is 454 cm³/mol. The first kappa shape index (κ1) is 94.3. The molecule has 0 spiro atoms. The van der Waals surface area contributed by atoms with Crippen molar-refractivity contribution in [3.05, 3.63) is 275 Å².